The first kappa shape index (κ1) is 16.7. The number of benzene rings is 3. The summed E-state index contributed by atoms with van der Waals surface area (Å²) in [4.78, 5) is 0. The van der Waals surface area contributed by atoms with Crippen molar-refractivity contribution in [1.29, 1.82) is 0 Å². The van der Waals surface area contributed by atoms with Gasteiger partial charge in [0.1, 0.15) is 11.6 Å². The fourth-order valence-electron chi connectivity index (χ4n) is 2.38. The quantitative estimate of drug-likeness (QED) is 0.447. The molecule has 3 aromatic rings. The van der Waals surface area contributed by atoms with Gasteiger partial charge in [-0.25, -0.2) is 8.78 Å². The Morgan fingerprint density at radius 3 is 1.96 bits per heavy atom. The van der Waals surface area contributed by atoms with Crippen LogP contribution in [0.5, 0.6) is 0 Å². The van der Waals surface area contributed by atoms with Crippen molar-refractivity contribution in [2.24, 2.45) is 0 Å². The molecule has 0 saturated carbocycles. The predicted octanol–water partition coefficient (Wildman–Crippen LogP) is 6.86. The maximum absolute atomic E-state index is 13.3. The Kier molecular flexibility index (Phi) is 4.98. The Balaban J connectivity index is 2.18. The summed E-state index contributed by atoms with van der Waals surface area (Å²) in [5.74, 6) is -0.631. The van der Waals surface area contributed by atoms with E-state index in [9.17, 15) is 8.78 Å². The molecular weight excluding hydrogens is 349 g/mol. The lowest BCUT2D eigenvalue weighted by Gasteiger charge is -2.12. The van der Waals surface area contributed by atoms with Crippen molar-refractivity contribution in [3.8, 4) is 0 Å². The molecule has 24 heavy (non-hydrogen) atoms. The zero-order chi connectivity index (χ0) is 17.1. The predicted molar refractivity (Wildman–Crippen MR) is 96.2 cm³/mol. The van der Waals surface area contributed by atoms with E-state index in [0.717, 1.165) is 22.3 Å². The van der Waals surface area contributed by atoms with E-state index in [0.29, 0.717) is 10.0 Å². The standard InChI is InChI=1S/C20H12Cl2F2/c21-15-5-10-20(22)19(12-15)18(14-3-8-17(24)9-4-14)11-13-1-6-16(23)7-2-13/h1-12H/b18-11+. The van der Waals surface area contributed by atoms with Crippen LogP contribution >= 0.6 is 23.2 Å². The molecule has 0 bridgehead atoms. The van der Waals surface area contributed by atoms with Gasteiger partial charge in [0.2, 0.25) is 0 Å². The highest BCUT2D eigenvalue weighted by molar-refractivity contribution is 6.34. The van der Waals surface area contributed by atoms with Crippen LogP contribution in [-0.4, -0.2) is 0 Å². The molecule has 4 heteroatoms. The molecule has 0 unspecified atom stereocenters. The maximum Gasteiger partial charge on any atom is 0.123 e. The maximum atomic E-state index is 13.3. The molecule has 0 saturated heterocycles. The van der Waals surface area contributed by atoms with Crippen molar-refractivity contribution >= 4 is 34.9 Å². The monoisotopic (exact) mass is 360 g/mol. The second-order valence-electron chi connectivity index (χ2n) is 5.24. The summed E-state index contributed by atoms with van der Waals surface area (Å²) in [7, 11) is 0. The number of rotatable bonds is 3. The third-order valence-corrected chi connectivity index (χ3v) is 4.12. The van der Waals surface area contributed by atoms with Crippen LogP contribution < -0.4 is 0 Å². The van der Waals surface area contributed by atoms with Gasteiger partial charge >= 0.3 is 0 Å². The third kappa shape index (κ3) is 3.84. The number of hydrogen-bond donors (Lipinski definition) is 0. The van der Waals surface area contributed by atoms with E-state index < -0.39 is 0 Å². The van der Waals surface area contributed by atoms with Crippen LogP contribution in [0.1, 0.15) is 16.7 Å². The molecular formula is C20H12Cl2F2. The molecule has 3 rings (SSSR count). The lowest BCUT2D eigenvalue weighted by atomic mass is 9.95. The van der Waals surface area contributed by atoms with Crippen LogP contribution in [-0.2, 0) is 0 Å². The molecule has 0 heterocycles. The van der Waals surface area contributed by atoms with Gasteiger partial charge in [-0.15, -0.1) is 0 Å². The molecule has 0 amide bonds. The van der Waals surface area contributed by atoms with Crippen LogP contribution in [0.25, 0.3) is 11.6 Å². The van der Waals surface area contributed by atoms with Crippen molar-refractivity contribution in [1.82, 2.24) is 0 Å². The average Bonchev–Trinajstić information content (AvgIpc) is 2.58. The Morgan fingerprint density at radius 1 is 0.750 bits per heavy atom. The zero-order valence-corrected chi connectivity index (χ0v) is 14.0. The first-order valence-electron chi connectivity index (χ1n) is 7.21. The van der Waals surface area contributed by atoms with Crippen LogP contribution in [0.2, 0.25) is 10.0 Å². The Hall–Kier alpha value is -2.16. The van der Waals surface area contributed by atoms with Crippen LogP contribution in [0, 0.1) is 11.6 Å². The molecule has 0 aliphatic rings. The fraction of sp³-hybridized carbons (Fsp3) is 0. The Morgan fingerprint density at radius 2 is 1.33 bits per heavy atom. The molecule has 0 aliphatic carbocycles. The van der Waals surface area contributed by atoms with E-state index in [-0.39, 0.29) is 11.6 Å². The first-order valence-corrected chi connectivity index (χ1v) is 7.97. The minimum atomic E-state index is -0.322. The van der Waals surface area contributed by atoms with Gasteiger partial charge in [0.25, 0.3) is 0 Å². The lowest BCUT2D eigenvalue weighted by Crippen LogP contribution is -1.91. The second kappa shape index (κ2) is 7.16. The van der Waals surface area contributed by atoms with Crippen molar-refractivity contribution in [3.05, 3.63) is 105 Å². The molecule has 0 radical (unpaired) electrons. The molecule has 0 atom stereocenters. The van der Waals surface area contributed by atoms with Crippen LogP contribution in [0.3, 0.4) is 0 Å². The number of halogens is 4. The van der Waals surface area contributed by atoms with Gasteiger partial charge < -0.3 is 0 Å². The second-order valence-corrected chi connectivity index (χ2v) is 6.08. The fourth-order valence-corrected chi connectivity index (χ4v) is 2.77. The Bertz CT molecular complexity index is 883. The van der Waals surface area contributed by atoms with E-state index in [1.54, 1.807) is 42.5 Å². The highest BCUT2D eigenvalue weighted by Crippen LogP contribution is 2.33. The van der Waals surface area contributed by atoms with E-state index in [2.05, 4.69) is 0 Å². The van der Waals surface area contributed by atoms with Crippen LogP contribution in [0.15, 0.2) is 66.7 Å². The van der Waals surface area contributed by atoms with Gasteiger partial charge in [0.05, 0.1) is 0 Å². The first-order chi connectivity index (χ1) is 11.5. The lowest BCUT2D eigenvalue weighted by molar-refractivity contribution is 0.627. The van der Waals surface area contributed by atoms with Gasteiger partial charge in [0.15, 0.2) is 0 Å². The SMILES string of the molecule is Fc1ccc(/C=C(\c2ccc(F)cc2)c2cc(Cl)ccc2Cl)cc1. The van der Waals surface area contributed by atoms with Crippen molar-refractivity contribution in [3.63, 3.8) is 0 Å². The van der Waals surface area contributed by atoms with E-state index in [1.807, 2.05) is 6.08 Å². The van der Waals surface area contributed by atoms with Crippen molar-refractivity contribution in [2.45, 2.75) is 0 Å². The summed E-state index contributed by atoms with van der Waals surface area (Å²) < 4.78 is 26.4. The van der Waals surface area contributed by atoms with Gasteiger partial charge in [0, 0.05) is 15.6 Å². The van der Waals surface area contributed by atoms with E-state index in [1.165, 1.54) is 24.3 Å². The van der Waals surface area contributed by atoms with Crippen molar-refractivity contribution < 1.29 is 8.78 Å². The molecule has 0 aliphatic heterocycles. The topological polar surface area (TPSA) is 0 Å². The summed E-state index contributed by atoms with van der Waals surface area (Å²) >= 11 is 12.4. The highest BCUT2D eigenvalue weighted by atomic mass is 35.5. The van der Waals surface area contributed by atoms with Crippen LogP contribution in [0.4, 0.5) is 8.78 Å². The number of hydrogen-bond acceptors (Lipinski definition) is 0. The van der Waals surface area contributed by atoms with Gasteiger partial charge in [-0.2, -0.15) is 0 Å². The average molecular weight is 361 g/mol. The molecule has 3 aromatic carbocycles. The molecule has 0 nitrogen and oxygen atoms in total. The van der Waals surface area contributed by atoms with E-state index >= 15 is 0 Å². The highest BCUT2D eigenvalue weighted by Gasteiger charge is 2.11. The Labute approximate surface area is 149 Å². The van der Waals surface area contributed by atoms with Crippen molar-refractivity contribution in [2.75, 3.05) is 0 Å². The summed E-state index contributed by atoms with van der Waals surface area (Å²) in [6.45, 7) is 0. The van der Waals surface area contributed by atoms with Gasteiger partial charge in [-0.3, -0.25) is 0 Å². The summed E-state index contributed by atoms with van der Waals surface area (Å²) in [6, 6.07) is 17.4. The summed E-state index contributed by atoms with van der Waals surface area (Å²) in [6.07, 6.45) is 1.87. The molecule has 0 fully saturated rings. The smallest absolute Gasteiger partial charge is 0.123 e. The summed E-state index contributed by atoms with van der Waals surface area (Å²) in [5, 5.41) is 1.07. The third-order valence-electron chi connectivity index (χ3n) is 3.55. The molecule has 0 aromatic heterocycles. The molecule has 0 spiro atoms. The van der Waals surface area contributed by atoms with Gasteiger partial charge in [-0.05, 0) is 65.2 Å². The zero-order valence-electron chi connectivity index (χ0n) is 12.4. The normalized spacial score (nSPS) is 11.6. The van der Waals surface area contributed by atoms with E-state index in [4.69, 9.17) is 23.2 Å². The minimum absolute atomic E-state index is 0.309. The van der Waals surface area contributed by atoms with Gasteiger partial charge in [-0.1, -0.05) is 47.5 Å². The summed E-state index contributed by atoms with van der Waals surface area (Å²) in [5.41, 5.74) is 3.07. The largest absolute Gasteiger partial charge is 0.207 e. The minimum Gasteiger partial charge on any atom is -0.207 e. The molecule has 120 valence electrons. The molecule has 0 N–H and O–H groups in total.